The molecule has 0 aliphatic carbocycles. The number of thiazole rings is 1. The molecule has 1 heterocycles. The molecule has 0 unspecified atom stereocenters. The van der Waals surface area contributed by atoms with E-state index < -0.39 is 11.7 Å². The monoisotopic (exact) mass is 373 g/mol. The van der Waals surface area contributed by atoms with Crippen LogP contribution in [0.25, 0.3) is 17.3 Å². The van der Waals surface area contributed by atoms with Crippen molar-refractivity contribution in [2.75, 3.05) is 6.54 Å². The predicted octanol–water partition coefficient (Wildman–Crippen LogP) is 6.63. The topological polar surface area (TPSA) is 37.6 Å². The summed E-state index contributed by atoms with van der Waals surface area (Å²) in [7, 11) is 0. The maximum absolute atomic E-state index is 12.6. The highest BCUT2D eigenvalue weighted by Crippen LogP contribution is 2.32. The van der Waals surface area contributed by atoms with Crippen LogP contribution in [-0.2, 0) is 6.18 Å². The molecule has 3 rings (SSSR count). The van der Waals surface area contributed by atoms with Crippen LogP contribution in [0.3, 0.4) is 0 Å². The summed E-state index contributed by atoms with van der Waals surface area (Å²) >= 11 is 1.29. The fourth-order valence-corrected chi connectivity index (χ4v) is 2.84. The highest BCUT2D eigenvalue weighted by Gasteiger charge is 2.30. The molecule has 0 saturated carbocycles. The third kappa shape index (κ3) is 4.86. The van der Waals surface area contributed by atoms with Crippen molar-refractivity contribution >= 4 is 22.5 Å². The number of aromatic nitrogens is 1. The fourth-order valence-electron chi connectivity index (χ4n) is 2.17. The maximum Gasteiger partial charge on any atom is 0.416 e. The van der Waals surface area contributed by atoms with Gasteiger partial charge in [0.05, 0.1) is 17.8 Å². The number of nitrogens with zero attached hydrogens (tertiary/aromatic N) is 3. The Bertz CT molecular complexity index is 898. The van der Waals surface area contributed by atoms with Gasteiger partial charge in [-0.15, -0.1) is 16.5 Å². The Morgan fingerprint density at radius 2 is 1.73 bits per heavy atom. The van der Waals surface area contributed by atoms with Gasteiger partial charge in [-0.25, -0.2) is 4.98 Å². The summed E-state index contributed by atoms with van der Waals surface area (Å²) in [5.74, 6) is 0. The number of alkyl halides is 3. The van der Waals surface area contributed by atoms with Crippen molar-refractivity contribution in [1.29, 1.82) is 0 Å². The molecule has 7 heteroatoms. The third-order valence-electron chi connectivity index (χ3n) is 3.45. The first kappa shape index (κ1) is 18.0. The van der Waals surface area contributed by atoms with E-state index >= 15 is 0 Å². The van der Waals surface area contributed by atoms with Gasteiger partial charge in [-0.1, -0.05) is 54.6 Å². The zero-order valence-electron chi connectivity index (χ0n) is 13.5. The van der Waals surface area contributed by atoms with Crippen LogP contribution >= 0.6 is 11.3 Å². The molecule has 3 nitrogen and oxygen atoms in total. The van der Waals surface area contributed by atoms with E-state index in [9.17, 15) is 13.2 Å². The molecule has 0 aliphatic heterocycles. The first-order chi connectivity index (χ1) is 12.5. The summed E-state index contributed by atoms with van der Waals surface area (Å²) in [4.78, 5) is 4.28. The molecule has 2 aromatic carbocycles. The van der Waals surface area contributed by atoms with Crippen LogP contribution in [0.1, 0.15) is 11.1 Å². The second-order valence-electron chi connectivity index (χ2n) is 5.33. The molecule has 0 amide bonds. The number of halogens is 3. The van der Waals surface area contributed by atoms with Crippen molar-refractivity contribution in [3.63, 3.8) is 0 Å². The van der Waals surface area contributed by atoms with Crippen LogP contribution < -0.4 is 0 Å². The lowest BCUT2D eigenvalue weighted by Crippen LogP contribution is -2.03. The maximum atomic E-state index is 12.6. The lowest BCUT2D eigenvalue weighted by atomic mass is 10.1. The number of benzene rings is 2. The highest BCUT2D eigenvalue weighted by atomic mass is 32.1. The van der Waals surface area contributed by atoms with Crippen molar-refractivity contribution in [2.24, 2.45) is 10.2 Å². The van der Waals surface area contributed by atoms with Gasteiger partial charge >= 0.3 is 6.18 Å². The van der Waals surface area contributed by atoms with Crippen LogP contribution in [0, 0.1) is 0 Å². The van der Waals surface area contributed by atoms with E-state index in [2.05, 4.69) is 15.2 Å². The average molecular weight is 373 g/mol. The second-order valence-corrected chi connectivity index (χ2v) is 6.16. The van der Waals surface area contributed by atoms with E-state index in [1.807, 2.05) is 42.5 Å². The summed E-state index contributed by atoms with van der Waals surface area (Å²) in [6, 6.07) is 14.7. The minimum absolute atomic E-state index is 0.421. The summed E-state index contributed by atoms with van der Waals surface area (Å²) in [5, 5.41) is 10.3. The van der Waals surface area contributed by atoms with Gasteiger partial charge in [-0.3, -0.25) is 0 Å². The normalized spacial score (nSPS) is 12.3. The quantitative estimate of drug-likeness (QED) is 0.463. The van der Waals surface area contributed by atoms with Crippen molar-refractivity contribution in [1.82, 2.24) is 4.98 Å². The van der Waals surface area contributed by atoms with Crippen molar-refractivity contribution in [2.45, 2.75) is 6.18 Å². The van der Waals surface area contributed by atoms with Gasteiger partial charge in [0.15, 0.2) is 0 Å². The van der Waals surface area contributed by atoms with Crippen LogP contribution in [-0.4, -0.2) is 11.5 Å². The Hall–Kier alpha value is -2.80. The minimum atomic E-state index is -4.34. The highest BCUT2D eigenvalue weighted by molar-refractivity contribution is 7.13. The molecule has 0 aliphatic rings. The molecule has 132 valence electrons. The number of hydrogen-bond donors (Lipinski definition) is 0. The smallest absolute Gasteiger partial charge is 0.217 e. The summed E-state index contributed by atoms with van der Waals surface area (Å²) in [5.41, 5.74) is 1.60. The van der Waals surface area contributed by atoms with Crippen molar-refractivity contribution < 1.29 is 13.2 Å². The van der Waals surface area contributed by atoms with E-state index in [1.165, 1.54) is 23.5 Å². The zero-order chi connectivity index (χ0) is 18.4. The number of rotatable bonds is 5. The molecule has 0 atom stereocenters. The van der Waals surface area contributed by atoms with Gasteiger partial charge < -0.3 is 0 Å². The molecule has 0 saturated heterocycles. The second kappa shape index (κ2) is 8.05. The number of hydrogen-bond acceptors (Lipinski definition) is 4. The average Bonchev–Trinajstić information content (AvgIpc) is 3.11. The molecule has 0 radical (unpaired) electrons. The molecule has 1 aromatic heterocycles. The molecule has 26 heavy (non-hydrogen) atoms. The lowest BCUT2D eigenvalue weighted by Gasteiger charge is -2.06. The molecule has 3 aromatic rings. The van der Waals surface area contributed by atoms with E-state index in [0.717, 1.165) is 17.7 Å². The van der Waals surface area contributed by atoms with Gasteiger partial charge in [0.1, 0.15) is 0 Å². The third-order valence-corrected chi connectivity index (χ3v) is 4.18. The fraction of sp³-hybridized carbons (Fsp3) is 0.105. The van der Waals surface area contributed by atoms with Crippen LogP contribution in [0.5, 0.6) is 0 Å². The van der Waals surface area contributed by atoms with Gasteiger partial charge in [-0.05, 0) is 17.7 Å². The SMILES string of the molecule is FC(F)(F)c1ccc(-c2csc(N=NCC=Cc3ccccc3)n2)cc1. The zero-order valence-corrected chi connectivity index (χ0v) is 14.3. The van der Waals surface area contributed by atoms with Gasteiger partial charge in [-0.2, -0.15) is 18.3 Å². The van der Waals surface area contributed by atoms with Crippen molar-refractivity contribution in [3.05, 3.63) is 77.2 Å². The van der Waals surface area contributed by atoms with Crippen LogP contribution in [0.15, 0.2) is 76.3 Å². The Morgan fingerprint density at radius 1 is 1.00 bits per heavy atom. The Morgan fingerprint density at radius 3 is 2.42 bits per heavy atom. The first-order valence-electron chi connectivity index (χ1n) is 7.74. The minimum Gasteiger partial charge on any atom is -0.217 e. The van der Waals surface area contributed by atoms with Gasteiger partial charge in [0, 0.05) is 10.9 Å². The molecule has 0 N–H and O–H groups in total. The predicted molar refractivity (Wildman–Crippen MR) is 97.4 cm³/mol. The Labute approximate surface area is 152 Å². The van der Waals surface area contributed by atoms with Crippen molar-refractivity contribution in [3.8, 4) is 11.3 Å². The largest absolute Gasteiger partial charge is 0.416 e. The standard InChI is InChI=1S/C19H14F3N3S/c20-19(21,22)16-10-8-15(9-11-16)17-13-26-18(24-17)25-23-12-4-7-14-5-2-1-3-6-14/h1-11,13H,12H2. The van der Waals surface area contributed by atoms with E-state index in [-0.39, 0.29) is 0 Å². The molecule has 0 spiro atoms. The van der Waals surface area contributed by atoms with E-state index in [1.54, 1.807) is 5.38 Å². The van der Waals surface area contributed by atoms with E-state index in [4.69, 9.17) is 0 Å². The summed E-state index contributed by atoms with van der Waals surface area (Å²) in [6.07, 6.45) is -0.495. The Balaban J connectivity index is 1.60. The number of azo groups is 1. The van der Waals surface area contributed by atoms with Gasteiger partial charge in [0.2, 0.25) is 5.13 Å². The molecular weight excluding hydrogens is 359 g/mol. The van der Waals surface area contributed by atoms with Gasteiger partial charge in [0.25, 0.3) is 0 Å². The van der Waals surface area contributed by atoms with Crippen LogP contribution in [0.2, 0.25) is 0 Å². The van der Waals surface area contributed by atoms with Crippen LogP contribution in [0.4, 0.5) is 18.3 Å². The lowest BCUT2D eigenvalue weighted by molar-refractivity contribution is -0.137. The Kier molecular flexibility index (Phi) is 5.58. The van der Waals surface area contributed by atoms with E-state index in [0.29, 0.717) is 22.9 Å². The molecular formula is C19H14F3N3S. The molecule has 0 fully saturated rings. The first-order valence-corrected chi connectivity index (χ1v) is 8.62. The molecule has 0 bridgehead atoms. The summed E-state index contributed by atoms with van der Waals surface area (Å²) in [6.45, 7) is 0.421. The summed E-state index contributed by atoms with van der Waals surface area (Å²) < 4.78 is 37.8.